The van der Waals surface area contributed by atoms with E-state index < -0.39 is 0 Å². The molecule has 1 N–H and O–H groups in total. The molecule has 0 spiro atoms. The minimum Gasteiger partial charge on any atom is -0.494 e. The van der Waals surface area contributed by atoms with Gasteiger partial charge in [0, 0.05) is 19.7 Å². The zero-order valence-corrected chi connectivity index (χ0v) is 10.9. The molecule has 3 nitrogen and oxygen atoms in total. The van der Waals surface area contributed by atoms with E-state index >= 15 is 0 Å². The van der Waals surface area contributed by atoms with Crippen molar-refractivity contribution >= 4 is 0 Å². The molecule has 96 valence electrons. The van der Waals surface area contributed by atoms with E-state index in [0.29, 0.717) is 6.61 Å². The van der Waals surface area contributed by atoms with Gasteiger partial charge < -0.3 is 9.84 Å². The third-order valence-electron chi connectivity index (χ3n) is 2.72. The Bertz CT molecular complexity index is 298. The van der Waals surface area contributed by atoms with E-state index in [1.807, 2.05) is 19.1 Å². The van der Waals surface area contributed by atoms with Gasteiger partial charge in [0.2, 0.25) is 0 Å². The van der Waals surface area contributed by atoms with Gasteiger partial charge in [0.1, 0.15) is 5.75 Å². The quantitative estimate of drug-likeness (QED) is 0.753. The van der Waals surface area contributed by atoms with Gasteiger partial charge in [-0.1, -0.05) is 19.1 Å². The van der Waals surface area contributed by atoms with Crippen LogP contribution in [-0.4, -0.2) is 36.3 Å². The van der Waals surface area contributed by atoms with Crippen molar-refractivity contribution in [3.8, 4) is 5.75 Å². The van der Waals surface area contributed by atoms with Crippen LogP contribution >= 0.6 is 0 Å². The van der Waals surface area contributed by atoms with E-state index in [9.17, 15) is 0 Å². The number of rotatable bonds is 8. The number of aliphatic hydroxyl groups excluding tert-OH is 1. The van der Waals surface area contributed by atoms with Gasteiger partial charge in [-0.25, -0.2) is 0 Å². The minimum absolute atomic E-state index is 0.264. The van der Waals surface area contributed by atoms with Crippen molar-refractivity contribution in [1.82, 2.24) is 4.90 Å². The van der Waals surface area contributed by atoms with Crippen LogP contribution in [0.5, 0.6) is 5.75 Å². The van der Waals surface area contributed by atoms with Gasteiger partial charge in [-0.05, 0) is 37.6 Å². The zero-order chi connectivity index (χ0) is 12.5. The van der Waals surface area contributed by atoms with Crippen molar-refractivity contribution in [3.63, 3.8) is 0 Å². The summed E-state index contributed by atoms with van der Waals surface area (Å²) >= 11 is 0. The molecule has 0 bridgehead atoms. The highest BCUT2D eigenvalue weighted by atomic mass is 16.5. The lowest BCUT2D eigenvalue weighted by Gasteiger charge is -2.20. The predicted octanol–water partition coefficient (Wildman–Crippen LogP) is 2.29. The third kappa shape index (κ3) is 5.20. The molecule has 1 aromatic rings. The Morgan fingerprint density at radius 1 is 1.18 bits per heavy atom. The standard InChI is InChI=1S/C14H23NO2/c1-3-15(10-5-11-16)12-13-6-8-14(9-7-13)17-4-2/h6-9,16H,3-5,10-12H2,1-2H3. The Morgan fingerprint density at radius 3 is 2.41 bits per heavy atom. The normalized spacial score (nSPS) is 10.8. The van der Waals surface area contributed by atoms with Gasteiger partial charge in [0.15, 0.2) is 0 Å². The van der Waals surface area contributed by atoms with Crippen molar-refractivity contribution in [3.05, 3.63) is 29.8 Å². The second-order valence-corrected chi connectivity index (χ2v) is 4.02. The highest BCUT2D eigenvalue weighted by Gasteiger charge is 2.03. The molecule has 0 fully saturated rings. The van der Waals surface area contributed by atoms with Gasteiger partial charge >= 0.3 is 0 Å². The molecule has 0 amide bonds. The van der Waals surface area contributed by atoms with Crippen LogP contribution in [0.2, 0.25) is 0 Å². The molecular formula is C14H23NO2. The Morgan fingerprint density at radius 2 is 1.88 bits per heavy atom. The Kier molecular flexibility index (Phi) is 6.67. The average Bonchev–Trinajstić information content (AvgIpc) is 2.37. The fourth-order valence-electron chi connectivity index (χ4n) is 1.76. The Balaban J connectivity index is 2.48. The Hall–Kier alpha value is -1.06. The second-order valence-electron chi connectivity index (χ2n) is 4.02. The van der Waals surface area contributed by atoms with Crippen molar-refractivity contribution in [1.29, 1.82) is 0 Å². The van der Waals surface area contributed by atoms with Gasteiger partial charge in [0.05, 0.1) is 6.61 Å². The molecule has 0 aliphatic heterocycles. The average molecular weight is 237 g/mol. The zero-order valence-electron chi connectivity index (χ0n) is 10.9. The highest BCUT2D eigenvalue weighted by molar-refractivity contribution is 5.27. The minimum atomic E-state index is 0.264. The lowest BCUT2D eigenvalue weighted by atomic mass is 10.2. The molecule has 0 radical (unpaired) electrons. The molecule has 3 heteroatoms. The summed E-state index contributed by atoms with van der Waals surface area (Å²) in [4.78, 5) is 2.33. The lowest BCUT2D eigenvalue weighted by molar-refractivity contribution is 0.225. The van der Waals surface area contributed by atoms with E-state index in [1.54, 1.807) is 0 Å². The number of nitrogens with zero attached hydrogens (tertiary/aromatic N) is 1. The van der Waals surface area contributed by atoms with Crippen LogP contribution in [0.3, 0.4) is 0 Å². The number of hydrogen-bond donors (Lipinski definition) is 1. The van der Waals surface area contributed by atoms with Crippen LogP contribution in [0.25, 0.3) is 0 Å². The summed E-state index contributed by atoms with van der Waals surface area (Å²) in [7, 11) is 0. The van der Waals surface area contributed by atoms with E-state index in [-0.39, 0.29) is 6.61 Å². The van der Waals surface area contributed by atoms with E-state index in [4.69, 9.17) is 9.84 Å². The first-order valence-corrected chi connectivity index (χ1v) is 6.35. The first kappa shape index (κ1) is 14.0. The van der Waals surface area contributed by atoms with E-state index in [0.717, 1.165) is 31.8 Å². The highest BCUT2D eigenvalue weighted by Crippen LogP contribution is 2.13. The van der Waals surface area contributed by atoms with Crippen molar-refractivity contribution in [2.24, 2.45) is 0 Å². The van der Waals surface area contributed by atoms with Crippen molar-refractivity contribution < 1.29 is 9.84 Å². The molecular weight excluding hydrogens is 214 g/mol. The first-order chi connectivity index (χ1) is 8.30. The summed E-state index contributed by atoms with van der Waals surface area (Å²) in [5, 5.41) is 8.83. The van der Waals surface area contributed by atoms with Crippen LogP contribution in [0, 0.1) is 0 Å². The number of hydrogen-bond acceptors (Lipinski definition) is 3. The van der Waals surface area contributed by atoms with Crippen molar-refractivity contribution in [2.45, 2.75) is 26.8 Å². The summed E-state index contributed by atoms with van der Waals surface area (Å²) in [6, 6.07) is 8.23. The van der Waals surface area contributed by atoms with Crippen LogP contribution in [0.1, 0.15) is 25.8 Å². The summed E-state index contributed by atoms with van der Waals surface area (Å²) in [5.41, 5.74) is 1.29. The smallest absolute Gasteiger partial charge is 0.119 e. The molecule has 0 heterocycles. The SMILES string of the molecule is CCOc1ccc(CN(CC)CCCO)cc1. The molecule has 17 heavy (non-hydrogen) atoms. The second kappa shape index (κ2) is 8.09. The summed E-state index contributed by atoms with van der Waals surface area (Å²) in [5.74, 6) is 0.926. The van der Waals surface area contributed by atoms with Gasteiger partial charge in [-0.3, -0.25) is 4.90 Å². The summed E-state index contributed by atoms with van der Waals surface area (Å²) in [6.07, 6.45) is 0.838. The number of benzene rings is 1. The number of ether oxygens (including phenoxy) is 1. The van der Waals surface area contributed by atoms with Crippen LogP contribution in [0.15, 0.2) is 24.3 Å². The van der Waals surface area contributed by atoms with E-state index in [1.165, 1.54) is 5.56 Å². The molecule has 0 aliphatic rings. The van der Waals surface area contributed by atoms with E-state index in [2.05, 4.69) is 24.0 Å². The topological polar surface area (TPSA) is 32.7 Å². The summed E-state index contributed by atoms with van der Waals surface area (Å²) < 4.78 is 5.41. The maximum atomic E-state index is 8.83. The molecule has 0 aliphatic carbocycles. The Labute approximate surface area is 104 Å². The molecule has 0 aromatic heterocycles. The molecule has 1 rings (SSSR count). The molecule has 0 saturated heterocycles. The molecule has 0 saturated carbocycles. The van der Waals surface area contributed by atoms with Crippen LogP contribution < -0.4 is 4.74 Å². The number of aliphatic hydroxyl groups is 1. The predicted molar refractivity (Wildman–Crippen MR) is 70.3 cm³/mol. The maximum absolute atomic E-state index is 8.83. The maximum Gasteiger partial charge on any atom is 0.119 e. The molecule has 0 unspecified atom stereocenters. The summed E-state index contributed by atoms with van der Waals surface area (Å²) in [6.45, 7) is 7.99. The van der Waals surface area contributed by atoms with Gasteiger partial charge in [0.25, 0.3) is 0 Å². The van der Waals surface area contributed by atoms with Crippen LogP contribution in [-0.2, 0) is 6.54 Å². The fourth-order valence-corrected chi connectivity index (χ4v) is 1.76. The molecule has 1 aromatic carbocycles. The molecule has 0 atom stereocenters. The van der Waals surface area contributed by atoms with Gasteiger partial charge in [-0.15, -0.1) is 0 Å². The lowest BCUT2D eigenvalue weighted by Crippen LogP contribution is -2.24. The monoisotopic (exact) mass is 237 g/mol. The van der Waals surface area contributed by atoms with Crippen LogP contribution in [0.4, 0.5) is 0 Å². The fraction of sp³-hybridized carbons (Fsp3) is 0.571. The largest absolute Gasteiger partial charge is 0.494 e. The van der Waals surface area contributed by atoms with Crippen molar-refractivity contribution in [2.75, 3.05) is 26.3 Å². The third-order valence-corrected chi connectivity index (χ3v) is 2.72. The van der Waals surface area contributed by atoms with Gasteiger partial charge in [-0.2, -0.15) is 0 Å². The first-order valence-electron chi connectivity index (χ1n) is 6.35.